The quantitative estimate of drug-likeness (QED) is 0.796. The summed E-state index contributed by atoms with van der Waals surface area (Å²) >= 11 is 1.89. The summed E-state index contributed by atoms with van der Waals surface area (Å²) in [5.74, 6) is 0. The van der Waals surface area contributed by atoms with Crippen molar-refractivity contribution >= 4 is 11.8 Å². The molecule has 1 N–H and O–H groups in total. The fourth-order valence-corrected chi connectivity index (χ4v) is 2.49. The van der Waals surface area contributed by atoms with Crippen molar-refractivity contribution in [3.63, 3.8) is 0 Å². The molecule has 1 heterocycles. The van der Waals surface area contributed by atoms with Gasteiger partial charge in [-0.1, -0.05) is 26.0 Å². The van der Waals surface area contributed by atoms with E-state index in [-0.39, 0.29) is 6.10 Å². The minimum absolute atomic E-state index is 0.239. The van der Waals surface area contributed by atoms with Gasteiger partial charge in [0, 0.05) is 16.7 Å². The number of rotatable bonds is 3. The van der Waals surface area contributed by atoms with Crippen LogP contribution in [0.1, 0.15) is 25.5 Å². The second kappa shape index (κ2) is 5.01. The van der Waals surface area contributed by atoms with Crippen molar-refractivity contribution in [1.29, 1.82) is 0 Å². The lowest BCUT2D eigenvalue weighted by atomic mass is 10.1. The molecule has 0 saturated carbocycles. The molecule has 1 aromatic rings. The van der Waals surface area contributed by atoms with Crippen molar-refractivity contribution in [2.75, 3.05) is 13.3 Å². The van der Waals surface area contributed by atoms with Crippen molar-refractivity contribution in [1.82, 2.24) is 5.32 Å². The van der Waals surface area contributed by atoms with E-state index in [9.17, 15) is 0 Å². The van der Waals surface area contributed by atoms with Crippen LogP contribution in [0.25, 0.3) is 0 Å². The number of thioether (sulfide) groups is 1. The number of ether oxygens (including phenoxy) is 1. The van der Waals surface area contributed by atoms with Crippen molar-refractivity contribution in [3.8, 4) is 0 Å². The minimum Gasteiger partial charge on any atom is -0.357 e. The number of hydrogen-bond donors (Lipinski definition) is 1. The Morgan fingerprint density at radius 1 is 1.33 bits per heavy atom. The van der Waals surface area contributed by atoms with E-state index in [1.165, 1.54) is 10.5 Å². The maximum absolute atomic E-state index is 5.54. The zero-order chi connectivity index (χ0) is 10.7. The third kappa shape index (κ3) is 2.97. The van der Waals surface area contributed by atoms with Crippen LogP contribution >= 0.6 is 11.8 Å². The topological polar surface area (TPSA) is 21.3 Å². The highest BCUT2D eigenvalue weighted by Crippen LogP contribution is 2.26. The lowest BCUT2D eigenvalue weighted by Crippen LogP contribution is -2.07. The fourth-order valence-electron chi connectivity index (χ4n) is 1.66. The number of nitrogens with one attached hydrogen (secondary N) is 1. The molecule has 0 bridgehead atoms. The van der Waals surface area contributed by atoms with E-state index in [2.05, 4.69) is 43.4 Å². The average Bonchev–Trinajstić information content (AvgIpc) is 2.71. The summed E-state index contributed by atoms with van der Waals surface area (Å²) < 4.78 is 5.54. The molecule has 2 nitrogen and oxygen atoms in total. The Morgan fingerprint density at radius 3 is 2.60 bits per heavy atom. The van der Waals surface area contributed by atoms with Gasteiger partial charge in [-0.2, -0.15) is 0 Å². The molecule has 1 aliphatic rings. The van der Waals surface area contributed by atoms with Gasteiger partial charge in [0.2, 0.25) is 0 Å². The predicted octanol–water partition coefficient (Wildman–Crippen LogP) is 2.81. The average molecular weight is 223 g/mol. The Labute approximate surface area is 95.4 Å². The fraction of sp³-hybridized carbons (Fsp3) is 0.500. The van der Waals surface area contributed by atoms with Crippen LogP contribution in [0.2, 0.25) is 0 Å². The maximum Gasteiger partial charge on any atom is 0.0975 e. The molecule has 15 heavy (non-hydrogen) atoms. The van der Waals surface area contributed by atoms with Gasteiger partial charge in [-0.05, 0) is 17.7 Å². The van der Waals surface area contributed by atoms with Gasteiger partial charge in [0.25, 0.3) is 0 Å². The Hall–Kier alpha value is -0.510. The molecule has 0 aliphatic carbocycles. The van der Waals surface area contributed by atoms with Gasteiger partial charge in [0.05, 0.1) is 12.8 Å². The molecule has 0 radical (unpaired) electrons. The van der Waals surface area contributed by atoms with E-state index in [4.69, 9.17) is 4.74 Å². The molecule has 1 atom stereocenters. The minimum atomic E-state index is 0.239. The van der Waals surface area contributed by atoms with Crippen LogP contribution in [-0.4, -0.2) is 18.5 Å². The van der Waals surface area contributed by atoms with Crippen LogP contribution in [0.4, 0.5) is 0 Å². The summed E-state index contributed by atoms with van der Waals surface area (Å²) in [7, 11) is 0. The molecular weight excluding hydrogens is 206 g/mol. The van der Waals surface area contributed by atoms with Crippen LogP contribution in [-0.2, 0) is 4.74 Å². The van der Waals surface area contributed by atoms with Gasteiger partial charge in [-0.3, -0.25) is 5.32 Å². The summed E-state index contributed by atoms with van der Waals surface area (Å²) in [5, 5.41) is 3.83. The predicted molar refractivity (Wildman–Crippen MR) is 64.1 cm³/mol. The lowest BCUT2D eigenvalue weighted by molar-refractivity contribution is 0.114. The first-order valence-corrected chi connectivity index (χ1v) is 6.22. The lowest BCUT2D eigenvalue weighted by Gasteiger charge is -2.10. The van der Waals surface area contributed by atoms with Gasteiger partial charge in [0.1, 0.15) is 0 Å². The third-order valence-corrected chi connectivity index (χ3v) is 3.36. The van der Waals surface area contributed by atoms with E-state index in [0.29, 0.717) is 12.0 Å². The van der Waals surface area contributed by atoms with Gasteiger partial charge in [-0.25, -0.2) is 0 Å². The van der Waals surface area contributed by atoms with Gasteiger partial charge in [-0.15, -0.1) is 11.8 Å². The normalized spacial score (nSPS) is 21.1. The highest BCUT2D eigenvalue weighted by atomic mass is 32.2. The second-order valence-corrected chi connectivity index (χ2v) is 5.64. The summed E-state index contributed by atoms with van der Waals surface area (Å²) in [4.78, 5) is 1.33. The first-order valence-electron chi connectivity index (χ1n) is 5.34. The molecule has 1 aliphatic heterocycles. The van der Waals surface area contributed by atoms with Gasteiger partial charge < -0.3 is 4.74 Å². The highest BCUT2D eigenvalue weighted by molar-refractivity contribution is 7.99. The third-order valence-electron chi connectivity index (χ3n) is 2.34. The molecule has 2 rings (SSSR count). The van der Waals surface area contributed by atoms with Crippen molar-refractivity contribution in [2.45, 2.75) is 30.1 Å². The van der Waals surface area contributed by atoms with Crippen LogP contribution < -0.4 is 5.32 Å². The maximum atomic E-state index is 5.54. The van der Waals surface area contributed by atoms with E-state index in [1.54, 1.807) is 0 Å². The van der Waals surface area contributed by atoms with E-state index >= 15 is 0 Å². The van der Waals surface area contributed by atoms with E-state index in [1.807, 2.05) is 11.8 Å². The van der Waals surface area contributed by atoms with E-state index in [0.717, 1.165) is 6.54 Å². The first-order chi connectivity index (χ1) is 7.25. The largest absolute Gasteiger partial charge is 0.357 e. The highest BCUT2D eigenvalue weighted by Gasteiger charge is 2.16. The summed E-state index contributed by atoms with van der Waals surface area (Å²) in [6.45, 7) is 6.02. The molecule has 0 amide bonds. The molecule has 1 aromatic carbocycles. The first kappa shape index (κ1) is 11.0. The number of hydrogen-bond acceptors (Lipinski definition) is 3. The van der Waals surface area contributed by atoms with Gasteiger partial charge >= 0.3 is 0 Å². The Kier molecular flexibility index (Phi) is 3.67. The van der Waals surface area contributed by atoms with Crippen molar-refractivity contribution < 1.29 is 4.74 Å². The molecule has 1 saturated heterocycles. The zero-order valence-electron chi connectivity index (χ0n) is 9.19. The SMILES string of the molecule is CC(C)Sc1ccc(C2CNCO2)cc1. The Balaban J connectivity index is 2.03. The summed E-state index contributed by atoms with van der Waals surface area (Å²) in [5.41, 5.74) is 1.27. The van der Waals surface area contributed by atoms with Crippen LogP contribution in [0.5, 0.6) is 0 Å². The van der Waals surface area contributed by atoms with Crippen LogP contribution in [0, 0.1) is 0 Å². The molecule has 0 aromatic heterocycles. The molecule has 82 valence electrons. The molecule has 3 heteroatoms. The van der Waals surface area contributed by atoms with Gasteiger partial charge in [0.15, 0.2) is 0 Å². The molecule has 0 spiro atoms. The molecule has 1 unspecified atom stereocenters. The Bertz CT molecular complexity index is 304. The van der Waals surface area contributed by atoms with E-state index < -0.39 is 0 Å². The standard InChI is InChI=1S/C12H17NOS/c1-9(2)15-11-5-3-10(4-6-11)12-7-13-8-14-12/h3-6,9,12-13H,7-8H2,1-2H3. The summed E-state index contributed by atoms with van der Waals surface area (Å²) in [6, 6.07) is 8.70. The van der Waals surface area contributed by atoms with Crippen molar-refractivity contribution in [2.24, 2.45) is 0 Å². The van der Waals surface area contributed by atoms with Crippen LogP contribution in [0.15, 0.2) is 29.2 Å². The van der Waals surface area contributed by atoms with Crippen LogP contribution in [0.3, 0.4) is 0 Å². The second-order valence-electron chi connectivity index (χ2n) is 3.99. The van der Waals surface area contributed by atoms with Crippen molar-refractivity contribution in [3.05, 3.63) is 29.8 Å². The molecule has 1 fully saturated rings. The molecular formula is C12H17NOS. The zero-order valence-corrected chi connectivity index (χ0v) is 10.0. The smallest absolute Gasteiger partial charge is 0.0975 e. The number of benzene rings is 1. The Morgan fingerprint density at radius 2 is 2.07 bits per heavy atom. The summed E-state index contributed by atoms with van der Waals surface area (Å²) in [6.07, 6.45) is 0.239. The monoisotopic (exact) mass is 223 g/mol.